The number of hydrogen-bond donors (Lipinski definition) is 2. The molecular weight excluding hydrogens is 423 g/mol. The zero-order valence-corrected chi connectivity index (χ0v) is 19.1. The number of piperidine rings is 1. The first kappa shape index (κ1) is 24.6. The zero-order chi connectivity index (χ0) is 19.3. The van der Waals surface area contributed by atoms with Crippen LogP contribution in [0.2, 0.25) is 0 Å². The summed E-state index contributed by atoms with van der Waals surface area (Å²) in [5.74, 6) is -0.150. The lowest BCUT2D eigenvalue weighted by atomic mass is 10.1. The second-order valence-corrected chi connectivity index (χ2v) is 7.94. The summed E-state index contributed by atoms with van der Waals surface area (Å²) in [4.78, 5) is 15.1. The van der Waals surface area contributed by atoms with Gasteiger partial charge in [-0.05, 0) is 69.9 Å². The molecule has 2 saturated heterocycles. The van der Waals surface area contributed by atoms with Gasteiger partial charge in [0.05, 0.1) is 11.7 Å². The van der Waals surface area contributed by atoms with Crippen LogP contribution >= 0.6 is 24.8 Å². The third-order valence-corrected chi connectivity index (χ3v) is 5.85. The van der Waals surface area contributed by atoms with Gasteiger partial charge in [0.2, 0.25) is 0 Å². The quantitative estimate of drug-likeness (QED) is 0.701. The Bertz CT molecular complexity index is 816. The standard InChI is InChI=1S/C21H30N6O.2ClH/c1-16-20(24-25-27(16)19-7-9-22-10-8-19)21(28)23-14-17-5-4-6-18(13-17)15-26-11-2-3-12-26;;/h4-6,13,19,22H,2-3,7-12,14-15H2,1H3,(H,23,28);2*1H. The van der Waals surface area contributed by atoms with Crippen molar-refractivity contribution >= 4 is 30.7 Å². The van der Waals surface area contributed by atoms with E-state index in [1.54, 1.807) is 0 Å². The van der Waals surface area contributed by atoms with Crippen molar-refractivity contribution in [2.45, 2.75) is 51.7 Å². The summed E-state index contributed by atoms with van der Waals surface area (Å²) in [5.41, 5.74) is 3.72. The Morgan fingerprint density at radius 3 is 2.60 bits per heavy atom. The Labute approximate surface area is 190 Å². The fraction of sp³-hybridized carbons (Fsp3) is 0.571. The van der Waals surface area contributed by atoms with Crippen LogP contribution in [0, 0.1) is 6.92 Å². The minimum absolute atomic E-state index is 0. The summed E-state index contributed by atoms with van der Waals surface area (Å²) < 4.78 is 1.92. The van der Waals surface area contributed by atoms with E-state index in [9.17, 15) is 4.79 Å². The number of nitrogens with zero attached hydrogens (tertiary/aromatic N) is 4. The molecule has 1 aromatic heterocycles. The van der Waals surface area contributed by atoms with Crippen molar-refractivity contribution < 1.29 is 4.79 Å². The minimum atomic E-state index is -0.150. The topological polar surface area (TPSA) is 75.1 Å². The van der Waals surface area contributed by atoms with E-state index >= 15 is 0 Å². The second kappa shape index (κ2) is 11.6. The van der Waals surface area contributed by atoms with Gasteiger partial charge in [-0.15, -0.1) is 29.9 Å². The zero-order valence-electron chi connectivity index (χ0n) is 17.5. The van der Waals surface area contributed by atoms with Crippen molar-refractivity contribution in [1.82, 2.24) is 30.5 Å². The monoisotopic (exact) mass is 454 g/mol. The van der Waals surface area contributed by atoms with Gasteiger partial charge in [-0.25, -0.2) is 4.68 Å². The van der Waals surface area contributed by atoms with E-state index in [1.807, 2.05) is 11.6 Å². The van der Waals surface area contributed by atoms with Gasteiger partial charge in [0.15, 0.2) is 5.69 Å². The predicted molar refractivity (Wildman–Crippen MR) is 123 cm³/mol. The number of nitrogens with one attached hydrogen (secondary N) is 2. The molecule has 1 aromatic carbocycles. The molecule has 166 valence electrons. The first-order chi connectivity index (χ1) is 13.7. The molecule has 2 fully saturated rings. The maximum absolute atomic E-state index is 12.7. The number of hydrogen-bond acceptors (Lipinski definition) is 5. The van der Waals surface area contributed by atoms with Crippen LogP contribution in [-0.4, -0.2) is 52.0 Å². The molecule has 2 aliphatic rings. The van der Waals surface area contributed by atoms with Gasteiger partial charge in [-0.3, -0.25) is 9.69 Å². The maximum atomic E-state index is 12.7. The highest BCUT2D eigenvalue weighted by atomic mass is 35.5. The number of carbonyl (C=O) groups excluding carboxylic acids is 1. The van der Waals surface area contributed by atoms with Crippen molar-refractivity contribution in [3.8, 4) is 0 Å². The van der Waals surface area contributed by atoms with Gasteiger partial charge in [-0.2, -0.15) is 0 Å². The van der Waals surface area contributed by atoms with E-state index in [-0.39, 0.29) is 30.7 Å². The van der Waals surface area contributed by atoms with Gasteiger partial charge in [0.1, 0.15) is 0 Å². The highest BCUT2D eigenvalue weighted by Crippen LogP contribution is 2.20. The van der Waals surface area contributed by atoms with Crippen LogP contribution < -0.4 is 10.6 Å². The molecule has 0 saturated carbocycles. The smallest absolute Gasteiger partial charge is 0.274 e. The third kappa shape index (κ3) is 5.94. The highest BCUT2D eigenvalue weighted by molar-refractivity contribution is 5.93. The molecule has 0 spiro atoms. The molecule has 0 bridgehead atoms. The summed E-state index contributed by atoms with van der Waals surface area (Å²) in [7, 11) is 0. The van der Waals surface area contributed by atoms with Crippen molar-refractivity contribution in [2.75, 3.05) is 26.2 Å². The first-order valence-electron chi connectivity index (χ1n) is 10.4. The van der Waals surface area contributed by atoms with Gasteiger partial charge >= 0.3 is 0 Å². The Morgan fingerprint density at radius 1 is 1.17 bits per heavy atom. The summed E-state index contributed by atoms with van der Waals surface area (Å²) in [6.07, 6.45) is 4.64. The van der Waals surface area contributed by atoms with Crippen LogP contribution in [0.3, 0.4) is 0 Å². The molecule has 0 radical (unpaired) electrons. The summed E-state index contributed by atoms with van der Waals surface area (Å²) >= 11 is 0. The molecule has 3 heterocycles. The fourth-order valence-electron chi connectivity index (χ4n) is 4.25. The van der Waals surface area contributed by atoms with E-state index in [2.05, 4.69) is 50.1 Å². The van der Waals surface area contributed by atoms with Crippen molar-refractivity contribution in [2.24, 2.45) is 0 Å². The van der Waals surface area contributed by atoms with Crippen LogP contribution in [0.15, 0.2) is 24.3 Å². The van der Waals surface area contributed by atoms with Crippen LogP contribution in [0.25, 0.3) is 0 Å². The summed E-state index contributed by atoms with van der Waals surface area (Å²) in [6.45, 7) is 7.78. The van der Waals surface area contributed by atoms with Crippen molar-refractivity contribution in [3.05, 3.63) is 46.8 Å². The third-order valence-electron chi connectivity index (χ3n) is 5.85. The lowest BCUT2D eigenvalue weighted by molar-refractivity contribution is 0.0945. The largest absolute Gasteiger partial charge is 0.347 e. The number of likely N-dealkylation sites (tertiary alicyclic amines) is 1. The highest BCUT2D eigenvalue weighted by Gasteiger charge is 2.22. The van der Waals surface area contributed by atoms with Crippen LogP contribution in [0.4, 0.5) is 0 Å². The lowest BCUT2D eigenvalue weighted by Crippen LogP contribution is -2.30. The molecule has 0 atom stereocenters. The second-order valence-electron chi connectivity index (χ2n) is 7.94. The normalized spacial score (nSPS) is 17.2. The molecule has 7 nitrogen and oxygen atoms in total. The number of amides is 1. The Morgan fingerprint density at radius 2 is 1.87 bits per heavy atom. The summed E-state index contributed by atoms with van der Waals surface area (Å²) in [6, 6.07) is 8.82. The van der Waals surface area contributed by atoms with Gasteiger partial charge < -0.3 is 10.6 Å². The number of halogens is 2. The molecule has 0 aliphatic carbocycles. The van der Waals surface area contributed by atoms with Crippen LogP contribution in [-0.2, 0) is 13.1 Å². The minimum Gasteiger partial charge on any atom is -0.347 e. The lowest BCUT2D eigenvalue weighted by Gasteiger charge is -2.23. The van der Waals surface area contributed by atoms with Crippen molar-refractivity contribution in [3.63, 3.8) is 0 Å². The number of aromatic nitrogens is 3. The first-order valence-corrected chi connectivity index (χ1v) is 10.4. The molecule has 0 unspecified atom stereocenters. The van der Waals surface area contributed by atoms with E-state index in [0.29, 0.717) is 18.3 Å². The Kier molecular flexibility index (Phi) is 9.55. The number of benzene rings is 1. The molecule has 2 N–H and O–H groups in total. The molecule has 4 rings (SSSR count). The maximum Gasteiger partial charge on any atom is 0.274 e. The molecule has 2 aromatic rings. The fourth-order valence-corrected chi connectivity index (χ4v) is 4.25. The van der Waals surface area contributed by atoms with Gasteiger partial charge in [0.25, 0.3) is 5.91 Å². The Balaban J connectivity index is 0.00000160. The number of rotatable bonds is 6. The molecule has 1 amide bonds. The van der Waals surface area contributed by atoms with Crippen LogP contribution in [0.5, 0.6) is 0 Å². The SMILES string of the molecule is Cc1c(C(=O)NCc2cccc(CN3CCCC3)c2)nnn1C1CCNCC1.Cl.Cl. The molecule has 9 heteroatoms. The molecule has 2 aliphatic heterocycles. The average Bonchev–Trinajstić information content (AvgIpc) is 3.37. The Hall–Kier alpha value is -1.67. The van der Waals surface area contributed by atoms with Gasteiger partial charge in [-0.1, -0.05) is 29.5 Å². The molecule has 30 heavy (non-hydrogen) atoms. The van der Waals surface area contributed by atoms with E-state index in [4.69, 9.17) is 0 Å². The van der Waals surface area contributed by atoms with E-state index < -0.39 is 0 Å². The number of carbonyl (C=O) groups is 1. The summed E-state index contributed by atoms with van der Waals surface area (Å²) in [5, 5.41) is 14.8. The van der Waals surface area contributed by atoms with E-state index in [0.717, 1.165) is 43.7 Å². The predicted octanol–water partition coefficient (Wildman–Crippen LogP) is 2.88. The van der Waals surface area contributed by atoms with E-state index in [1.165, 1.54) is 31.5 Å². The van der Waals surface area contributed by atoms with Crippen molar-refractivity contribution in [1.29, 1.82) is 0 Å². The average molecular weight is 455 g/mol. The van der Waals surface area contributed by atoms with Gasteiger partial charge in [0, 0.05) is 13.1 Å². The van der Waals surface area contributed by atoms with Crippen LogP contribution in [0.1, 0.15) is 59.0 Å². The molecular formula is C21H32Cl2N6O.